The molecule has 0 aromatic heterocycles. The minimum Gasteiger partial charge on any atom is -0.457 e. The molecule has 568 valence electrons. The van der Waals surface area contributed by atoms with E-state index in [1.165, 1.54) is 98.1 Å². The van der Waals surface area contributed by atoms with Crippen molar-refractivity contribution in [3.05, 3.63) is 430 Å². The third-order valence-electron chi connectivity index (χ3n) is 25.2. The topological polar surface area (TPSA) is 9.23 Å². The lowest BCUT2D eigenvalue weighted by Gasteiger charge is -2.43. The van der Waals surface area contributed by atoms with Crippen LogP contribution >= 0.6 is 11.8 Å². The van der Waals surface area contributed by atoms with Gasteiger partial charge in [0, 0.05) is 67.0 Å². The minimum absolute atomic E-state index is 0.0193. The first-order chi connectivity index (χ1) is 56.4. The van der Waals surface area contributed by atoms with Gasteiger partial charge in [-0.25, -0.2) is 0 Å². The van der Waals surface area contributed by atoms with E-state index in [-0.39, 0.29) is 27.1 Å². The molecule has 1 nitrogen and oxygen atoms in total. The fraction of sp³-hybridized carbons (Fsp3) is 0.229. The zero-order chi connectivity index (χ0) is 84.9. The maximum Gasteiger partial charge on any atom is 0.131 e. The average molecular weight is 1530 g/mol. The van der Waals surface area contributed by atoms with Crippen LogP contribution in [-0.4, -0.2) is 16.1 Å². The SMILES string of the molecule is CC1(C)c2ccccc2-c2ccccc21.CC1(C)c2ccccc2C(C)(C)c2ccccc21.CC1(C)c2ccccc2Oc2ccccc21.CC1(C)c2ccccc2Sc2ccccc21.C[Si](C)(c1ccccc1)c1ccccc1.C[Si]1(C)c2ccccc2-c2ccccc21.[2H]C([2H])([2H])C1(C([2H])([2H])[2H])c2ccccc2C(C)(C)c2ccccc21. The van der Waals surface area contributed by atoms with E-state index >= 15 is 0 Å². The molecule has 14 aromatic carbocycles. The van der Waals surface area contributed by atoms with E-state index in [4.69, 9.17) is 13.0 Å². The summed E-state index contributed by atoms with van der Waals surface area (Å²) in [6.07, 6.45) is 0. The van der Waals surface area contributed by atoms with Crippen molar-refractivity contribution in [2.45, 2.75) is 171 Å². The van der Waals surface area contributed by atoms with Gasteiger partial charge in [-0.1, -0.05) is 473 Å². The van der Waals surface area contributed by atoms with Crippen LogP contribution in [0.3, 0.4) is 0 Å². The fourth-order valence-corrected chi connectivity index (χ4v) is 25.4. The van der Waals surface area contributed by atoms with Crippen LogP contribution in [0.2, 0.25) is 26.2 Å². The molecule has 14 aromatic rings. The molecule has 0 radical (unpaired) electrons. The van der Waals surface area contributed by atoms with Crippen LogP contribution in [0.25, 0.3) is 22.3 Å². The number of para-hydroxylation sites is 2. The molecule has 0 saturated heterocycles. The molecule has 20 rings (SSSR count). The summed E-state index contributed by atoms with van der Waals surface area (Å²) in [5.74, 6) is 1.96. The first-order valence-electron chi connectivity index (χ1n) is 43.1. The van der Waals surface area contributed by atoms with Crippen molar-refractivity contribution >= 4 is 48.7 Å². The zero-order valence-electron chi connectivity index (χ0n) is 74.8. The van der Waals surface area contributed by atoms with E-state index in [1.54, 1.807) is 34.6 Å². The maximum absolute atomic E-state index is 8.19. The summed E-state index contributed by atoms with van der Waals surface area (Å²) in [6.45, 7) is 31.3. The Morgan fingerprint density at radius 2 is 0.460 bits per heavy atom. The van der Waals surface area contributed by atoms with E-state index in [2.05, 4.69) is 374 Å². The van der Waals surface area contributed by atoms with Gasteiger partial charge in [-0.2, -0.15) is 0 Å². The van der Waals surface area contributed by atoms with Crippen LogP contribution in [0.5, 0.6) is 11.5 Å². The van der Waals surface area contributed by atoms with E-state index in [1.807, 2.05) is 74.1 Å². The lowest BCUT2D eigenvalue weighted by Crippen LogP contribution is -2.52. The van der Waals surface area contributed by atoms with Crippen molar-refractivity contribution in [3.63, 3.8) is 0 Å². The number of fused-ring (bicyclic) bond motifs is 14. The van der Waals surface area contributed by atoms with Crippen LogP contribution in [0.15, 0.2) is 362 Å². The molecule has 0 bridgehead atoms. The molecule has 4 heteroatoms. The van der Waals surface area contributed by atoms with Crippen LogP contribution in [0, 0.1) is 0 Å². The van der Waals surface area contributed by atoms with E-state index in [0.717, 1.165) is 22.6 Å². The molecule has 3 heterocycles. The quantitative estimate of drug-likeness (QED) is 0.160. The third-order valence-corrected chi connectivity index (χ3v) is 33.5. The number of hydrogen-bond acceptors (Lipinski definition) is 2. The van der Waals surface area contributed by atoms with Gasteiger partial charge in [-0.3, -0.25) is 0 Å². The molecule has 6 aliphatic rings. The largest absolute Gasteiger partial charge is 0.457 e. The lowest BCUT2D eigenvalue weighted by molar-refractivity contribution is 0.418. The lowest BCUT2D eigenvalue weighted by atomic mass is 9.60. The monoisotopic (exact) mass is 1530 g/mol. The van der Waals surface area contributed by atoms with Crippen molar-refractivity contribution < 1.29 is 13.0 Å². The predicted octanol–water partition coefficient (Wildman–Crippen LogP) is 26.9. The second-order valence-corrected chi connectivity index (χ2v) is 44.9. The predicted molar refractivity (Wildman–Crippen MR) is 491 cm³/mol. The van der Waals surface area contributed by atoms with Gasteiger partial charge in [0.1, 0.15) is 27.6 Å². The average Bonchev–Trinajstić information content (AvgIpc) is 1.34. The third kappa shape index (κ3) is 14.7. The Morgan fingerprint density at radius 1 is 0.239 bits per heavy atom. The van der Waals surface area contributed by atoms with Crippen molar-refractivity contribution in [1.29, 1.82) is 0 Å². The number of ether oxygens (including phenoxy) is 1. The number of benzene rings is 14. The Hall–Kier alpha value is -10.3. The second kappa shape index (κ2) is 31.2. The normalized spacial score (nSPS) is 17.3. The number of hydrogen-bond donors (Lipinski definition) is 0. The van der Waals surface area contributed by atoms with Gasteiger partial charge in [0.25, 0.3) is 0 Å². The molecule has 0 spiro atoms. The highest BCUT2D eigenvalue weighted by molar-refractivity contribution is 7.99. The first-order valence-corrected chi connectivity index (χ1v) is 46.9. The molecule has 0 amide bonds. The Morgan fingerprint density at radius 3 is 0.788 bits per heavy atom. The molecule has 0 saturated carbocycles. The molecule has 3 aliphatic carbocycles. The summed E-state index contributed by atoms with van der Waals surface area (Å²) in [5.41, 5.74) is 20.2. The highest BCUT2D eigenvalue weighted by Gasteiger charge is 2.44. The highest BCUT2D eigenvalue weighted by Crippen LogP contribution is 2.54. The van der Waals surface area contributed by atoms with Crippen molar-refractivity contribution in [1.82, 2.24) is 0 Å². The Balaban J connectivity index is 0.000000115. The van der Waals surface area contributed by atoms with Crippen LogP contribution < -0.4 is 25.5 Å². The molecule has 0 fully saturated rings. The van der Waals surface area contributed by atoms with Gasteiger partial charge < -0.3 is 4.74 Å². The van der Waals surface area contributed by atoms with Gasteiger partial charge >= 0.3 is 0 Å². The van der Waals surface area contributed by atoms with Gasteiger partial charge in [0.2, 0.25) is 0 Å². The van der Waals surface area contributed by atoms with Gasteiger partial charge in [0.15, 0.2) is 0 Å². The summed E-state index contributed by atoms with van der Waals surface area (Å²) in [7, 11) is -2.84. The van der Waals surface area contributed by atoms with E-state index in [0.29, 0.717) is 11.1 Å². The Bertz CT molecular complexity index is 5400. The molecule has 3 aliphatic heterocycles. The zero-order valence-corrected chi connectivity index (χ0v) is 71.6. The smallest absolute Gasteiger partial charge is 0.131 e. The summed E-state index contributed by atoms with van der Waals surface area (Å²) in [4.78, 5) is 2.79. The van der Waals surface area contributed by atoms with Crippen molar-refractivity contribution in [2.75, 3.05) is 0 Å². The molecule has 0 N–H and O–H groups in total. The van der Waals surface area contributed by atoms with Gasteiger partial charge in [-0.15, -0.1) is 0 Å². The van der Waals surface area contributed by atoms with Crippen molar-refractivity contribution in [2.24, 2.45) is 0 Å². The van der Waals surface area contributed by atoms with Crippen LogP contribution in [0.4, 0.5) is 0 Å². The molecule has 0 unspecified atom stereocenters. The fourth-order valence-electron chi connectivity index (χ4n) is 18.5. The molecule has 0 atom stereocenters. The van der Waals surface area contributed by atoms with E-state index in [9.17, 15) is 0 Å². The van der Waals surface area contributed by atoms with E-state index < -0.39 is 40.7 Å². The molecular weight excluding hydrogens is 1410 g/mol. The van der Waals surface area contributed by atoms with Crippen molar-refractivity contribution in [3.8, 4) is 33.8 Å². The Kier molecular flexibility index (Phi) is 19.8. The van der Waals surface area contributed by atoms with Crippen LogP contribution in [0.1, 0.15) is 183 Å². The number of rotatable bonds is 2. The standard InChI is InChI=1S/2C18H20.C15H14O.C15H14S.C15H14.C14H14Si.C14H16Si/c2*1-17(2)13-9-5-7-11-15(13)18(3,4)16-12-8-6-10-14(16)17;2*1-15(2)11-7-3-5-9-13(11)16-14-10-6-4-8-12(14)15;2*1-15(2)13-9-5-3-7-11(13)12-8-4-6-10-14(12)15;1-15(2,13-9-5-3-6-10-13)14-11-7-4-8-12-14/h2*5-12H,1-4H3;2*3-10H,1-2H3;2*3-10H,1-2H3;3-12H,1-2H3/i1D3,2D3;;;;;;. The Labute approximate surface area is 691 Å². The second-order valence-electron chi connectivity index (χ2n) is 35.0. The summed E-state index contributed by atoms with van der Waals surface area (Å²) >= 11 is 1.88. The highest BCUT2D eigenvalue weighted by atomic mass is 32.2. The first kappa shape index (κ1) is 71.7. The summed E-state index contributed by atoms with van der Waals surface area (Å²) in [5, 5.41) is 6.17. The summed E-state index contributed by atoms with van der Waals surface area (Å²) in [6, 6.07) is 123. The summed E-state index contributed by atoms with van der Waals surface area (Å²) < 4.78 is 55.1. The van der Waals surface area contributed by atoms with Gasteiger partial charge in [0.05, 0.1) is 0 Å². The van der Waals surface area contributed by atoms with Crippen LogP contribution in [-0.2, 0) is 37.9 Å². The minimum atomic E-state index is -2.71. The molecular formula is C109H112OSSi2. The van der Waals surface area contributed by atoms with Gasteiger partial charge in [-0.05, 0) is 124 Å². The molecule has 113 heavy (non-hydrogen) atoms. The maximum atomic E-state index is 8.19.